The molecule has 0 spiro atoms. The monoisotopic (exact) mass is 408 g/mol. The van der Waals surface area contributed by atoms with Crippen LogP contribution < -0.4 is 10.2 Å². The molecule has 5 nitrogen and oxygen atoms in total. The maximum Gasteiger partial charge on any atom is 0.221 e. The number of benzene rings is 2. The van der Waals surface area contributed by atoms with Gasteiger partial charge in [-0.1, -0.05) is 48.9 Å². The minimum atomic E-state index is 0.0997. The van der Waals surface area contributed by atoms with Gasteiger partial charge in [-0.3, -0.25) is 4.79 Å². The molecule has 2 aromatic carbocycles. The summed E-state index contributed by atoms with van der Waals surface area (Å²) >= 11 is 6.21. The molecule has 1 saturated carbocycles. The van der Waals surface area contributed by atoms with Gasteiger partial charge in [0.05, 0.1) is 5.52 Å². The Kier molecular flexibility index (Phi) is 5.95. The van der Waals surface area contributed by atoms with Crippen LogP contribution in [0.1, 0.15) is 37.6 Å². The molecular formula is C23H25ClN4O. The molecule has 3 aromatic rings. The van der Waals surface area contributed by atoms with E-state index in [1.54, 1.807) is 0 Å². The first-order valence-corrected chi connectivity index (χ1v) is 10.5. The van der Waals surface area contributed by atoms with Crippen molar-refractivity contribution in [3.63, 3.8) is 0 Å². The number of nitrogens with one attached hydrogen (secondary N) is 1. The standard InChI is InChI=1S/C23H25ClN4O/c1-2-21-26-20-14-17(24)8-11-19(20)23(27-21)28(15-16-6-4-3-5-7-16)13-12-22(29)25-18-9-10-18/h3-8,11,14,18H,2,9-10,12-13,15H2,1H3,(H,25,29). The van der Waals surface area contributed by atoms with E-state index in [4.69, 9.17) is 16.6 Å². The molecule has 1 N–H and O–H groups in total. The van der Waals surface area contributed by atoms with E-state index in [9.17, 15) is 4.79 Å². The van der Waals surface area contributed by atoms with E-state index in [0.717, 1.165) is 41.8 Å². The molecule has 1 heterocycles. The minimum absolute atomic E-state index is 0.0997. The van der Waals surface area contributed by atoms with Gasteiger partial charge in [-0.25, -0.2) is 9.97 Å². The Morgan fingerprint density at radius 3 is 2.69 bits per heavy atom. The summed E-state index contributed by atoms with van der Waals surface area (Å²) in [5.74, 6) is 1.73. The highest BCUT2D eigenvalue weighted by Gasteiger charge is 2.24. The van der Waals surface area contributed by atoms with Gasteiger partial charge < -0.3 is 10.2 Å². The van der Waals surface area contributed by atoms with Gasteiger partial charge >= 0.3 is 0 Å². The Balaban J connectivity index is 1.67. The number of aromatic nitrogens is 2. The van der Waals surface area contributed by atoms with Crippen molar-refractivity contribution in [1.82, 2.24) is 15.3 Å². The second-order valence-corrected chi connectivity index (χ2v) is 7.91. The highest BCUT2D eigenvalue weighted by atomic mass is 35.5. The average Bonchev–Trinajstić information content (AvgIpc) is 3.54. The molecule has 0 unspecified atom stereocenters. The van der Waals surface area contributed by atoms with Crippen LogP contribution in [-0.4, -0.2) is 28.5 Å². The zero-order chi connectivity index (χ0) is 20.2. The molecule has 0 aliphatic heterocycles. The van der Waals surface area contributed by atoms with E-state index in [0.29, 0.717) is 30.6 Å². The van der Waals surface area contributed by atoms with E-state index in [1.165, 1.54) is 5.56 Å². The van der Waals surface area contributed by atoms with E-state index in [2.05, 4.69) is 27.3 Å². The van der Waals surface area contributed by atoms with Gasteiger partial charge in [0.25, 0.3) is 0 Å². The normalized spacial score (nSPS) is 13.4. The second-order valence-electron chi connectivity index (χ2n) is 7.48. The first kappa shape index (κ1) is 19.6. The number of halogens is 1. The zero-order valence-electron chi connectivity index (χ0n) is 16.6. The predicted molar refractivity (Wildman–Crippen MR) is 117 cm³/mol. The number of nitrogens with zero attached hydrogens (tertiary/aromatic N) is 3. The minimum Gasteiger partial charge on any atom is -0.353 e. The molecule has 6 heteroatoms. The smallest absolute Gasteiger partial charge is 0.221 e. The van der Waals surface area contributed by atoms with Gasteiger partial charge in [-0.05, 0) is 36.6 Å². The van der Waals surface area contributed by atoms with Crippen LogP contribution in [-0.2, 0) is 17.8 Å². The largest absolute Gasteiger partial charge is 0.353 e. The topological polar surface area (TPSA) is 58.1 Å². The van der Waals surface area contributed by atoms with Gasteiger partial charge in [0.2, 0.25) is 5.91 Å². The summed E-state index contributed by atoms with van der Waals surface area (Å²) in [6.45, 7) is 3.31. The van der Waals surface area contributed by atoms with Crippen molar-refractivity contribution in [2.24, 2.45) is 0 Å². The number of amides is 1. The number of aryl methyl sites for hydroxylation is 1. The number of anilines is 1. The molecule has 150 valence electrons. The molecule has 4 rings (SSSR count). The van der Waals surface area contributed by atoms with Gasteiger partial charge in [0.15, 0.2) is 0 Å². The molecule has 0 atom stereocenters. The molecule has 1 amide bonds. The summed E-state index contributed by atoms with van der Waals surface area (Å²) in [6, 6.07) is 16.3. The highest BCUT2D eigenvalue weighted by Crippen LogP contribution is 2.28. The van der Waals surface area contributed by atoms with Crippen molar-refractivity contribution < 1.29 is 4.79 Å². The van der Waals surface area contributed by atoms with E-state index >= 15 is 0 Å². The zero-order valence-corrected chi connectivity index (χ0v) is 17.3. The number of carbonyl (C=O) groups excluding carboxylic acids is 1. The average molecular weight is 409 g/mol. The molecule has 0 saturated heterocycles. The third-order valence-corrected chi connectivity index (χ3v) is 5.30. The fraction of sp³-hybridized carbons (Fsp3) is 0.348. The summed E-state index contributed by atoms with van der Waals surface area (Å²) in [6.07, 6.45) is 3.36. The Bertz CT molecular complexity index is 1000. The van der Waals surface area contributed by atoms with E-state index in [1.807, 2.05) is 43.3 Å². The van der Waals surface area contributed by atoms with E-state index in [-0.39, 0.29) is 5.91 Å². The summed E-state index contributed by atoms with van der Waals surface area (Å²) in [7, 11) is 0. The fourth-order valence-corrected chi connectivity index (χ4v) is 3.53. The third kappa shape index (κ3) is 5.04. The van der Waals surface area contributed by atoms with Crippen LogP contribution in [0, 0.1) is 0 Å². The number of hydrogen-bond acceptors (Lipinski definition) is 4. The van der Waals surface area contributed by atoms with Crippen molar-refractivity contribution in [3.05, 3.63) is 64.9 Å². The lowest BCUT2D eigenvalue weighted by Crippen LogP contribution is -2.32. The SMILES string of the molecule is CCc1nc(N(CCC(=O)NC2CC2)Cc2ccccc2)c2ccc(Cl)cc2n1. The molecule has 0 bridgehead atoms. The second kappa shape index (κ2) is 8.78. The van der Waals surface area contributed by atoms with Gasteiger partial charge in [-0.15, -0.1) is 0 Å². The number of fused-ring (bicyclic) bond motifs is 1. The molecule has 1 aliphatic carbocycles. The lowest BCUT2D eigenvalue weighted by atomic mass is 10.1. The molecule has 1 aromatic heterocycles. The van der Waals surface area contributed by atoms with Gasteiger partial charge in [-0.2, -0.15) is 0 Å². The highest BCUT2D eigenvalue weighted by molar-refractivity contribution is 6.31. The van der Waals surface area contributed by atoms with E-state index < -0.39 is 0 Å². The van der Waals surface area contributed by atoms with Crippen molar-refractivity contribution in [3.8, 4) is 0 Å². The van der Waals surface area contributed by atoms with Crippen molar-refractivity contribution in [2.75, 3.05) is 11.4 Å². The maximum absolute atomic E-state index is 12.3. The number of rotatable bonds is 8. The van der Waals surface area contributed by atoms with Gasteiger partial charge in [0.1, 0.15) is 11.6 Å². The molecular weight excluding hydrogens is 384 g/mol. The first-order valence-electron chi connectivity index (χ1n) is 10.2. The lowest BCUT2D eigenvalue weighted by molar-refractivity contribution is -0.121. The van der Waals surface area contributed by atoms with Crippen molar-refractivity contribution in [2.45, 2.75) is 45.2 Å². The first-order chi connectivity index (χ1) is 14.1. The fourth-order valence-electron chi connectivity index (χ4n) is 3.36. The predicted octanol–water partition coefficient (Wildman–Crippen LogP) is 4.52. The molecule has 29 heavy (non-hydrogen) atoms. The van der Waals surface area contributed by atoms with Crippen LogP contribution in [0.4, 0.5) is 5.82 Å². The maximum atomic E-state index is 12.3. The third-order valence-electron chi connectivity index (χ3n) is 5.07. The number of carbonyl (C=O) groups is 1. The quantitative estimate of drug-likeness (QED) is 0.595. The van der Waals surface area contributed by atoms with Crippen LogP contribution in [0.3, 0.4) is 0 Å². The summed E-state index contributed by atoms with van der Waals surface area (Å²) in [5, 5.41) is 4.68. The summed E-state index contributed by atoms with van der Waals surface area (Å²) in [5.41, 5.74) is 2.01. The number of hydrogen-bond donors (Lipinski definition) is 1. The summed E-state index contributed by atoms with van der Waals surface area (Å²) in [4.78, 5) is 24.0. The van der Waals surface area contributed by atoms with Crippen LogP contribution >= 0.6 is 11.6 Å². The van der Waals surface area contributed by atoms with Gasteiger partial charge in [0, 0.05) is 42.4 Å². The Labute approximate surface area is 176 Å². The van der Waals surface area contributed by atoms with Crippen LogP contribution in [0.2, 0.25) is 5.02 Å². The Morgan fingerprint density at radius 1 is 1.17 bits per heavy atom. The Hall–Kier alpha value is -2.66. The Morgan fingerprint density at radius 2 is 1.97 bits per heavy atom. The van der Waals surface area contributed by atoms with Crippen molar-refractivity contribution in [1.29, 1.82) is 0 Å². The van der Waals surface area contributed by atoms with Crippen molar-refractivity contribution >= 4 is 34.2 Å². The summed E-state index contributed by atoms with van der Waals surface area (Å²) < 4.78 is 0. The van der Waals surface area contributed by atoms with Crippen LogP contribution in [0.5, 0.6) is 0 Å². The molecule has 0 radical (unpaired) electrons. The molecule has 1 aliphatic rings. The van der Waals surface area contributed by atoms with Crippen LogP contribution in [0.25, 0.3) is 10.9 Å². The lowest BCUT2D eigenvalue weighted by Gasteiger charge is -2.25. The van der Waals surface area contributed by atoms with Crippen LogP contribution in [0.15, 0.2) is 48.5 Å². The molecule has 1 fully saturated rings.